The summed E-state index contributed by atoms with van der Waals surface area (Å²) in [7, 11) is 0. The van der Waals surface area contributed by atoms with Crippen LogP contribution in [-0.4, -0.2) is 200 Å². The third-order valence-corrected chi connectivity index (χ3v) is 15.0. The first-order valence-corrected chi connectivity index (χ1v) is 28.1. The van der Waals surface area contributed by atoms with Crippen LogP contribution in [0.3, 0.4) is 0 Å². The third-order valence-electron chi connectivity index (χ3n) is 14.6. The molecule has 0 radical (unpaired) electrons. The molecule has 17 N–H and O–H groups in total. The van der Waals surface area contributed by atoms with Crippen molar-refractivity contribution in [3.05, 3.63) is 23.8 Å². The maximum atomic E-state index is 14.6. The van der Waals surface area contributed by atoms with Crippen molar-refractivity contribution >= 4 is 59.6 Å². The molecule has 458 valence electrons. The van der Waals surface area contributed by atoms with E-state index in [0.29, 0.717) is 17.7 Å². The van der Waals surface area contributed by atoms with Crippen molar-refractivity contribution in [2.45, 2.75) is 215 Å². The van der Waals surface area contributed by atoms with E-state index in [9.17, 15) is 84.3 Å². The lowest BCUT2D eigenvalue weighted by molar-refractivity contribution is -0.433. The van der Waals surface area contributed by atoms with E-state index >= 15 is 0 Å². The van der Waals surface area contributed by atoms with Crippen LogP contribution in [-0.2, 0) is 47.7 Å². The van der Waals surface area contributed by atoms with Crippen LogP contribution in [0.2, 0.25) is 0 Å². The Balaban J connectivity index is 1.72. The summed E-state index contributed by atoms with van der Waals surface area (Å²) >= 11 is -0.0243. The van der Waals surface area contributed by atoms with Crippen molar-refractivity contribution < 1.29 is 103 Å². The number of primary amides is 1. The van der Waals surface area contributed by atoms with Crippen LogP contribution in [0, 0.1) is 5.92 Å². The molecule has 3 saturated heterocycles. The number of unbranched alkanes of at least 4 members (excludes halogenated alkanes) is 12. The van der Waals surface area contributed by atoms with Crippen LogP contribution in [0.25, 0.3) is 0 Å². The zero-order valence-corrected chi connectivity index (χ0v) is 46.5. The first-order chi connectivity index (χ1) is 38.4. The van der Waals surface area contributed by atoms with E-state index in [4.69, 9.17) is 15.2 Å². The number of hydrogen-bond acceptors (Lipinski definition) is 22. The quantitative estimate of drug-likeness (QED) is 0.0198. The Kier molecular flexibility index (Phi) is 28.2. The highest BCUT2D eigenvalue weighted by Crippen LogP contribution is 2.34. The molecule has 0 bridgehead atoms. The summed E-state index contributed by atoms with van der Waals surface area (Å²) in [6, 6.07) is -9.52. The number of nitrogens with one attached hydrogen (secondary N) is 5. The molecule has 0 aromatic heterocycles. The predicted octanol–water partition coefficient (Wildman–Crippen LogP) is -2.44. The zero-order chi connectivity index (χ0) is 60.1. The summed E-state index contributed by atoms with van der Waals surface area (Å²) in [6.07, 6.45) is -5.73. The largest absolute Gasteiger partial charge is 0.504 e. The maximum Gasteiger partial charge on any atom is 0.261 e. The highest BCUT2D eigenvalue weighted by Gasteiger charge is 2.51. The molecule has 0 spiro atoms. The van der Waals surface area contributed by atoms with E-state index in [-0.39, 0.29) is 24.3 Å². The number of amides is 8. The summed E-state index contributed by atoms with van der Waals surface area (Å²) < 4.78 is 9.16. The lowest BCUT2D eigenvalue weighted by atomic mass is 9.96. The molecule has 30 heteroatoms. The number of benzene rings is 1. The highest BCUT2D eigenvalue weighted by molar-refractivity contribution is 7.90. The Morgan fingerprint density at radius 1 is 0.753 bits per heavy atom. The topological polar surface area (TPSA) is 459 Å². The molecular weight excluding hydrogens is 1090 g/mol. The van der Waals surface area contributed by atoms with Crippen LogP contribution in [0.5, 0.6) is 11.5 Å². The molecule has 3 fully saturated rings. The summed E-state index contributed by atoms with van der Waals surface area (Å²) in [6.45, 7) is 3.51. The van der Waals surface area contributed by atoms with Crippen molar-refractivity contribution in [3.8, 4) is 11.5 Å². The molecule has 8 amide bonds. The maximum absolute atomic E-state index is 14.6. The molecule has 1 aromatic rings. The smallest absolute Gasteiger partial charge is 0.261 e. The number of fused-ring (bicyclic) bond motifs is 2. The Morgan fingerprint density at radius 2 is 1.33 bits per heavy atom. The van der Waals surface area contributed by atoms with Crippen molar-refractivity contribution in [1.82, 2.24) is 36.4 Å². The molecule has 29 nitrogen and oxygen atoms in total. The number of phenolic OH excluding ortho intramolecular Hbond substituents is 1. The number of nitrogens with two attached hydrogens (primary N) is 1. The number of carbonyl (C=O) groups excluding carboxylic acids is 8. The van der Waals surface area contributed by atoms with E-state index in [1.165, 1.54) is 45.4 Å². The molecule has 15 unspecified atom stereocenters. The van der Waals surface area contributed by atoms with Gasteiger partial charge in [0.25, 0.3) is 12.3 Å². The van der Waals surface area contributed by atoms with Crippen LogP contribution in [0.4, 0.5) is 0 Å². The first kappa shape index (κ1) is 68.0. The van der Waals surface area contributed by atoms with Gasteiger partial charge in [-0.1, -0.05) is 106 Å². The minimum atomic E-state index is -2.53. The van der Waals surface area contributed by atoms with E-state index in [1.54, 1.807) is 0 Å². The van der Waals surface area contributed by atoms with Gasteiger partial charge in [-0.25, -0.2) is 5.26 Å². The molecule has 3 aliphatic heterocycles. The number of aromatic hydroxyl groups is 1. The van der Waals surface area contributed by atoms with Gasteiger partial charge in [-0.2, -0.15) is 0 Å². The van der Waals surface area contributed by atoms with Gasteiger partial charge in [-0.15, -0.1) is 0 Å². The molecule has 0 aliphatic carbocycles. The monoisotopic (exact) mass is 1170 g/mol. The second kappa shape index (κ2) is 33.6. The first-order valence-electron chi connectivity index (χ1n) is 27.4. The van der Waals surface area contributed by atoms with Gasteiger partial charge in [-0.05, 0) is 31.0 Å². The van der Waals surface area contributed by atoms with Crippen molar-refractivity contribution in [2.24, 2.45) is 11.7 Å². The zero-order valence-electron chi connectivity index (χ0n) is 45.7. The van der Waals surface area contributed by atoms with E-state index in [1.807, 2.05) is 0 Å². The summed E-state index contributed by atoms with van der Waals surface area (Å²) in [5, 5.41) is 124. The number of nitrogens with zero attached hydrogens (tertiary/aromatic N) is 2. The number of carbonyl (C=O) groups is 8. The van der Waals surface area contributed by atoms with Crippen molar-refractivity contribution in [3.63, 3.8) is 0 Å². The lowest BCUT2D eigenvalue weighted by Gasteiger charge is -2.34. The average molecular weight is 1180 g/mol. The van der Waals surface area contributed by atoms with Crippen LogP contribution in [0.1, 0.15) is 142 Å². The average Bonchev–Trinajstić information content (AvgIpc) is 3.99. The van der Waals surface area contributed by atoms with Gasteiger partial charge in [0.1, 0.15) is 54.6 Å². The summed E-state index contributed by atoms with van der Waals surface area (Å²) in [4.78, 5) is 113. The van der Waals surface area contributed by atoms with Gasteiger partial charge in [0.2, 0.25) is 47.3 Å². The fraction of sp³-hybridized carbons (Fsp3) is 0.725. The number of rotatable bonds is 26. The number of hydrogen-bond donors (Lipinski definition) is 16. The molecule has 3 aliphatic rings. The second-order valence-electron chi connectivity index (χ2n) is 21.1. The molecule has 4 rings (SSSR count). The molecule has 15 atom stereocenters. The standard InChI is InChI=1S/C51H82N8O21S/c1-4-5-6-7-8-9-10-11-12-13-14-15-16-17-37(66)53-30-22-34(64)47(72)57-49(74)41-42(67)26(2)24-59(41)51(76)39(33(63)23-36(52)65)55-48(73)40(44(69)43(68)28-18-19-32(62)35(20-28)78-81-80-79-77)56-46(71)31-21-29(61)25-58(31)50(75)38(27(3)60)54-45(30)70/h18-20,26-27,29-31,33-34,38-44,47,60-64,67-69,72,77H,4-17,21-25H2,1-3H3,(H2,52,65)(H,53,66)(H,54,70)(H,55,73)(H,56,71)(H,57,74). The van der Waals surface area contributed by atoms with Crippen molar-refractivity contribution in [2.75, 3.05) is 13.1 Å². The second-order valence-corrected chi connectivity index (χ2v) is 21.5. The van der Waals surface area contributed by atoms with E-state index in [2.05, 4.69) is 42.9 Å². The normalized spacial score (nSPS) is 27.8. The molecule has 1 aromatic carbocycles. The van der Waals surface area contributed by atoms with Crippen LogP contribution < -0.4 is 36.5 Å². The fourth-order valence-electron chi connectivity index (χ4n) is 10.0. The minimum absolute atomic E-state index is 0.0243. The predicted molar refractivity (Wildman–Crippen MR) is 283 cm³/mol. The molecule has 0 saturated carbocycles. The molecular formula is C51H82N8O21S. The Morgan fingerprint density at radius 3 is 1.93 bits per heavy atom. The van der Waals surface area contributed by atoms with Gasteiger partial charge in [0.05, 0.1) is 30.8 Å². The number of phenols is 1. The van der Waals surface area contributed by atoms with Crippen molar-refractivity contribution in [1.29, 1.82) is 0 Å². The Hall–Kier alpha value is -5.51. The fourth-order valence-corrected chi connectivity index (χ4v) is 10.3. The SMILES string of the molecule is CCCCCCCCCCCCCCCC(=O)NC1CC(O)C(O)NC(=O)C2C(O)C(C)CN2C(=O)C(C(O)CC(N)=O)NC(=O)C(C(O)C(O)c2ccc(O)c(OSOOO)c2)NC(=O)C2CC(O)CN2C(=O)C(C(C)O)NC1=O. The van der Waals surface area contributed by atoms with Crippen LogP contribution >= 0.6 is 12.3 Å². The van der Waals surface area contributed by atoms with Gasteiger partial charge < -0.3 is 92.3 Å². The minimum Gasteiger partial charge on any atom is -0.504 e. The third kappa shape index (κ3) is 20.1. The highest BCUT2D eigenvalue weighted by atomic mass is 32.2. The Labute approximate surface area is 472 Å². The van der Waals surface area contributed by atoms with Gasteiger partial charge >= 0.3 is 0 Å². The van der Waals surface area contributed by atoms with Gasteiger partial charge in [-0.3, -0.25) is 38.4 Å². The van der Waals surface area contributed by atoms with Crippen LogP contribution in [0.15, 0.2) is 18.2 Å². The van der Waals surface area contributed by atoms with Gasteiger partial charge in [0, 0.05) is 38.3 Å². The molecule has 3 heterocycles. The molecule has 81 heavy (non-hydrogen) atoms. The van der Waals surface area contributed by atoms with E-state index < -0.39 is 182 Å². The number of aliphatic hydroxyl groups is 8. The summed E-state index contributed by atoms with van der Waals surface area (Å²) in [5.74, 6) is -12.1. The Bertz CT molecular complexity index is 2260. The number of aliphatic hydroxyl groups excluding tert-OH is 8. The summed E-state index contributed by atoms with van der Waals surface area (Å²) in [5.41, 5.74) is 5.00. The lowest BCUT2D eigenvalue weighted by Crippen LogP contribution is -2.64. The van der Waals surface area contributed by atoms with Gasteiger partial charge in [0.15, 0.2) is 17.7 Å². The van der Waals surface area contributed by atoms with E-state index in [0.717, 1.165) is 62.1 Å².